The largest absolute Gasteiger partial charge is 0.494 e. The summed E-state index contributed by atoms with van der Waals surface area (Å²) in [5, 5.41) is 1.97. The van der Waals surface area contributed by atoms with Crippen molar-refractivity contribution in [2.45, 2.75) is 13.8 Å². The van der Waals surface area contributed by atoms with Crippen LogP contribution in [0.25, 0.3) is 10.8 Å². The van der Waals surface area contributed by atoms with E-state index in [2.05, 4.69) is 4.98 Å². The Balaban J connectivity index is 2.65. The van der Waals surface area contributed by atoms with Crippen molar-refractivity contribution in [2.24, 2.45) is 0 Å². The van der Waals surface area contributed by atoms with Crippen LogP contribution in [0, 0.1) is 6.92 Å². The average Bonchev–Trinajstić information content (AvgIpc) is 2.17. The van der Waals surface area contributed by atoms with Gasteiger partial charge < -0.3 is 9.72 Å². The van der Waals surface area contributed by atoms with Gasteiger partial charge in [-0.1, -0.05) is 0 Å². The number of benzene rings is 1. The van der Waals surface area contributed by atoms with Crippen molar-refractivity contribution >= 4 is 10.8 Å². The summed E-state index contributed by atoms with van der Waals surface area (Å²) in [5.41, 5.74) is 0.814. The van der Waals surface area contributed by atoms with E-state index in [1.165, 1.54) is 0 Å². The first-order valence-corrected chi connectivity index (χ1v) is 4.97. The highest BCUT2D eigenvalue weighted by Gasteiger charge is 2.01. The number of H-pyrrole nitrogens is 1. The molecule has 0 aliphatic heterocycles. The summed E-state index contributed by atoms with van der Waals surface area (Å²) in [7, 11) is 0. The van der Waals surface area contributed by atoms with E-state index in [1.807, 2.05) is 32.0 Å². The monoisotopic (exact) mass is 203 g/mol. The first-order chi connectivity index (χ1) is 7.20. The standard InChI is InChI=1S/C12H13NO2/c1-3-15-10-4-5-11-8(2)13-12(14)7-9(11)6-10/h4-7H,3H2,1-2H3,(H,13,14). The molecule has 2 rings (SSSR count). The van der Waals surface area contributed by atoms with Gasteiger partial charge in [-0.05, 0) is 37.4 Å². The Morgan fingerprint density at radius 3 is 2.87 bits per heavy atom. The van der Waals surface area contributed by atoms with E-state index in [1.54, 1.807) is 6.07 Å². The predicted molar refractivity (Wildman–Crippen MR) is 60.5 cm³/mol. The molecule has 0 atom stereocenters. The lowest BCUT2D eigenvalue weighted by Crippen LogP contribution is -2.05. The van der Waals surface area contributed by atoms with Gasteiger partial charge in [-0.3, -0.25) is 4.79 Å². The molecule has 0 fully saturated rings. The van der Waals surface area contributed by atoms with Crippen molar-refractivity contribution in [3.05, 3.63) is 40.3 Å². The second-order valence-corrected chi connectivity index (χ2v) is 3.44. The minimum atomic E-state index is -0.0753. The lowest BCUT2D eigenvalue weighted by atomic mass is 10.1. The molecular formula is C12H13NO2. The summed E-state index contributed by atoms with van der Waals surface area (Å²) in [6, 6.07) is 7.36. The Labute approximate surface area is 87.7 Å². The van der Waals surface area contributed by atoms with E-state index in [-0.39, 0.29) is 5.56 Å². The molecule has 1 aromatic carbocycles. The van der Waals surface area contributed by atoms with Gasteiger partial charge in [0.05, 0.1) is 6.61 Å². The molecule has 78 valence electrons. The second kappa shape index (κ2) is 3.77. The van der Waals surface area contributed by atoms with Crippen LogP contribution in [0.1, 0.15) is 12.6 Å². The maximum Gasteiger partial charge on any atom is 0.248 e. The number of pyridine rings is 1. The van der Waals surface area contributed by atoms with Gasteiger partial charge in [0, 0.05) is 17.1 Å². The molecule has 0 aliphatic carbocycles. The molecule has 1 N–H and O–H groups in total. The number of aromatic nitrogens is 1. The van der Waals surface area contributed by atoms with Crippen LogP contribution in [0.3, 0.4) is 0 Å². The van der Waals surface area contributed by atoms with Gasteiger partial charge in [0.1, 0.15) is 5.75 Å². The van der Waals surface area contributed by atoms with Crippen molar-refractivity contribution in [3.63, 3.8) is 0 Å². The zero-order valence-corrected chi connectivity index (χ0v) is 8.83. The van der Waals surface area contributed by atoms with Gasteiger partial charge in [0.15, 0.2) is 0 Å². The molecule has 0 radical (unpaired) electrons. The first kappa shape index (κ1) is 9.77. The number of ether oxygens (including phenoxy) is 1. The number of nitrogens with one attached hydrogen (secondary N) is 1. The smallest absolute Gasteiger partial charge is 0.248 e. The highest BCUT2D eigenvalue weighted by molar-refractivity contribution is 5.85. The van der Waals surface area contributed by atoms with Crippen LogP contribution >= 0.6 is 0 Å². The van der Waals surface area contributed by atoms with E-state index < -0.39 is 0 Å². The maximum atomic E-state index is 11.3. The first-order valence-electron chi connectivity index (χ1n) is 4.97. The molecular weight excluding hydrogens is 190 g/mol. The number of hydrogen-bond donors (Lipinski definition) is 1. The normalized spacial score (nSPS) is 10.5. The summed E-state index contributed by atoms with van der Waals surface area (Å²) in [4.78, 5) is 14.0. The summed E-state index contributed by atoms with van der Waals surface area (Å²) < 4.78 is 5.38. The van der Waals surface area contributed by atoms with E-state index in [4.69, 9.17) is 4.74 Å². The third-order valence-electron chi connectivity index (χ3n) is 2.34. The Morgan fingerprint density at radius 1 is 1.33 bits per heavy atom. The number of fused-ring (bicyclic) bond motifs is 1. The number of aromatic amines is 1. The van der Waals surface area contributed by atoms with Gasteiger partial charge in [-0.15, -0.1) is 0 Å². The Kier molecular flexibility index (Phi) is 2.46. The Morgan fingerprint density at radius 2 is 2.13 bits per heavy atom. The third-order valence-corrected chi connectivity index (χ3v) is 2.34. The fraction of sp³-hybridized carbons (Fsp3) is 0.250. The topological polar surface area (TPSA) is 42.1 Å². The molecule has 0 amide bonds. The lowest BCUT2D eigenvalue weighted by molar-refractivity contribution is 0.341. The fourth-order valence-electron chi connectivity index (χ4n) is 1.69. The van der Waals surface area contributed by atoms with Crippen molar-refractivity contribution in [1.29, 1.82) is 0 Å². The zero-order valence-electron chi connectivity index (χ0n) is 8.83. The van der Waals surface area contributed by atoms with Gasteiger partial charge in [-0.25, -0.2) is 0 Å². The van der Waals surface area contributed by atoms with Gasteiger partial charge in [0.2, 0.25) is 5.56 Å². The molecule has 0 saturated carbocycles. The van der Waals surface area contributed by atoms with E-state index in [0.717, 1.165) is 22.2 Å². The molecule has 15 heavy (non-hydrogen) atoms. The van der Waals surface area contributed by atoms with Gasteiger partial charge in [-0.2, -0.15) is 0 Å². The van der Waals surface area contributed by atoms with Crippen molar-refractivity contribution in [2.75, 3.05) is 6.61 Å². The molecule has 2 aromatic rings. The fourth-order valence-corrected chi connectivity index (χ4v) is 1.69. The second-order valence-electron chi connectivity index (χ2n) is 3.44. The lowest BCUT2D eigenvalue weighted by Gasteiger charge is -2.05. The number of rotatable bonds is 2. The van der Waals surface area contributed by atoms with Crippen LogP contribution < -0.4 is 10.3 Å². The minimum Gasteiger partial charge on any atom is -0.494 e. The molecule has 3 heteroatoms. The molecule has 0 aliphatic rings. The van der Waals surface area contributed by atoms with Crippen LogP contribution in [-0.2, 0) is 0 Å². The van der Waals surface area contributed by atoms with Crippen LogP contribution in [-0.4, -0.2) is 11.6 Å². The quantitative estimate of drug-likeness (QED) is 0.813. The number of hydrogen-bond acceptors (Lipinski definition) is 2. The Hall–Kier alpha value is -1.77. The summed E-state index contributed by atoms with van der Waals surface area (Å²) in [6.45, 7) is 4.46. The van der Waals surface area contributed by atoms with Crippen molar-refractivity contribution in [3.8, 4) is 5.75 Å². The maximum absolute atomic E-state index is 11.3. The number of aryl methyl sites for hydroxylation is 1. The predicted octanol–water partition coefficient (Wildman–Crippen LogP) is 2.24. The van der Waals surface area contributed by atoms with Crippen LogP contribution in [0.4, 0.5) is 0 Å². The van der Waals surface area contributed by atoms with E-state index in [0.29, 0.717) is 6.61 Å². The molecule has 1 heterocycles. The molecule has 3 nitrogen and oxygen atoms in total. The molecule has 0 unspecified atom stereocenters. The van der Waals surface area contributed by atoms with Crippen LogP contribution in [0.5, 0.6) is 5.75 Å². The SMILES string of the molecule is CCOc1ccc2c(C)[nH]c(=O)cc2c1. The molecule has 0 spiro atoms. The van der Waals surface area contributed by atoms with E-state index >= 15 is 0 Å². The summed E-state index contributed by atoms with van der Waals surface area (Å²) >= 11 is 0. The molecule has 0 saturated heterocycles. The van der Waals surface area contributed by atoms with Crippen LogP contribution in [0.15, 0.2) is 29.1 Å². The zero-order chi connectivity index (χ0) is 10.8. The van der Waals surface area contributed by atoms with Crippen molar-refractivity contribution in [1.82, 2.24) is 4.98 Å². The minimum absolute atomic E-state index is 0.0753. The summed E-state index contributed by atoms with van der Waals surface area (Å²) in [5.74, 6) is 0.801. The van der Waals surface area contributed by atoms with Crippen molar-refractivity contribution < 1.29 is 4.74 Å². The van der Waals surface area contributed by atoms with E-state index in [9.17, 15) is 4.79 Å². The highest BCUT2D eigenvalue weighted by atomic mass is 16.5. The molecule has 1 aromatic heterocycles. The average molecular weight is 203 g/mol. The Bertz CT molecular complexity index is 543. The van der Waals surface area contributed by atoms with Gasteiger partial charge >= 0.3 is 0 Å². The molecule has 0 bridgehead atoms. The highest BCUT2D eigenvalue weighted by Crippen LogP contribution is 2.20. The van der Waals surface area contributed by atoms with Crippen LogP contribution in [0.2, 0.25) is 0 Å². The van der Waals surface area contributed by atoms with Gasteiger partial charge in [0.25, 0.3) is 0 Å². The third kappa shape index (κ3) is 1.86. The summed E-state index contributed by atoms with van der Waals surface area (Å²) in [6.07, 6.45) is 0.